The summed E-state index contributed by atoms with van der Waals surface area (Å²) in [5, 5.41) is 0. The second kappa shape index (κ2) is 6.37. The molecule has 0 fully saturated rings. The Morgan fingerprint density at radius 2 is 1.50 bits per heavy atom. The zero-order valence-corrected chi connectivity index (χ0v) is 11.8. The number of hydrogen-bond acceptors (Lipinski definition) is 1. The van der Waals surface area contributed by atoms with Crippen LogP contribution in [-0.2, 0) is 4.43 Å². The molecule has 1 nitrogen and oxygen atoms in total. The molecule has 0 aliphatic rings. The van der Waals surface area contributed by atoms with Gasteiger partial charge < -0.3 is 4.43 Å². The van der Waals surface area contributed by atoms with Gasteiger partial charge in [-0.2, -0.15) is 0 Å². The van der Waals surface area contributed by atoms with E-state index in [1.807, 2.05) is 0 Å². The number of hydrogen-bond donors (Lipinski definition) is 0. The van der Waals surface area contributed by atoms with Gasteiger partial charge in [0.05, 0.1) is 4.11 Å². The molecule has 1 unspecified atom stereocenters. The van der Waals surface area contributed by atoms with Gasteiger partial charge in [-0.05, 0) is 24.6 Å². The van der Waals surface area contributed by atoms with Gasteiger partial charge >= 0.3 is 0 Å². The minimum atomic E-state index is -1.31. The van der Waals surface area contributed by atoms with Crippen molar-refractivity contribution in [1.29, 1.82) is 0 Å². The fraction of sp³-hybridized carbons (Fsp3) is 1.00. The van der Waals surface area contributed by atoms with Gasteiger partial charge in [0, 0.05) is 0 Å². The van der Waals surface area contributed by atoms with Crippen LogP contribution in [0.5, 0.6) is 0 Å². The Hall–Kier alpha value is 0.907. The van der Waals surface area contributed by atoms with Crippen molar-refractivity contribution >= 4 is 30.9 Å². The van der Waals surface area contributed by atoms with Crippen molar-refractivity contribution in [1.82, 2.24) is 0 Å². The van der Waals surface area contributed by atoms with Gasteiger partial charge in [-0.25, -0.2) is 0 Å². The molecule has 0 spiro atoms. The molecule has 0 amide bonds. The molecule has 0 heterocycles. The third-order valence-corrected chi connectivity index (χ3v) is 8.90. The number of rotatable bonds is 6. The molecule has 12 heavy (non-hydrogen) atoms. The summed E-state index contributed by atoms with van der Waals surface area (Å²) in [6.07, 6.45) is 1.13. The molecule has 0 bridgehead atoms. The van der Waals surface area contributed by atoms with E-state index in [2.05, 4.69) is 50.3 Å². The van der Waals surface area contributed by atoms with Crippen LogP contribution in [0.2, 0.25) is 18.1 Å². The summed E-state index contributed by atoms with van der Waals surface area (Å²) in [5.41, 5.74) is 0. The molecule has 0 N–H and O–H groups in total. The number of halogens is 1. The Kier molecular flexibility index (Phi) is 6.86. The van der Waals surface area contributed by atoms with Gasteiger partial charge in [0.1, 0.15) is 0 Å². The first-order valence-corrected chi connectivity index (χ1v) is 8.73. The molecule has 0 saturated carbocycles. The SMILES string of the molecule is CCC(I)O[Si](CC)(CC)CC. The van der Waals surface area contributed by atoms with E-state index in [1.165, 1.54) is 18.1 Å². The lowest BCUT2D eigenvalue weighted by molar-refractivity contribution is 0.281. The van der Waals surface area contributed by atoms with Gasteiger partial charge in [-0.15, -0.1) is 0 Å². The van der Waals surface area contributed by atoms with E-state index in [9.17, 15) is 0 Å². The van der Waals surface area contributed by atoms with Crippen LogP contribution >= 0.6 is 22.6 Å². The normalized spacial score (nSPS) is 14.8. The van der Waals surface area contributed by atoms with E-state index in [-0.39, 0.29) is 0 Å². The second-order valence-corrected chi connectivity index (χ2v) is 9.29. The Morgan fingerprint density at radius 1 is 1.08 bits per heavy atom. The fourth-order valence-corrected chi connectivity index (χ4v) is 5.68. The third kappa shape index (κ3) is 3.74. The highest BCUT2D eigenvalue weighted by molar-refractivity contribution is 14.1. The van der Waals surface area contributed by atoms with Crippen molar-refractivity contribution in [2.45, 2.75) is 56.4 Å². The Bertz CT molecular complexity index is 107. The lowest BCUT2D eigenvalue weighted by atomic mass is 10.5. The van der Waals surface area contributed by atoms with E-state index in [4.69, 9.17) is 4.43 Å². The summed E-state index contributed by atoms with van der Waals surface area (Å²) in [4.78, 5) is 0. The average Bonchev–Trinajstić information content (AvgIpc) is 2.14. The molecule has 0 aromatic rings. The molecule has 0 aliphatic carbocycles. The quantitative estimate of drug-likeness (QED) is 0.406. The Balaban J connectivity index is 4.09. The summed E-state index contributed by atoms with van der Waals surface area (Å²) < 4.78 is 6.60. The third-order valence-electron chi connectivity index (χ3n) is 2.63. The molecule has 0 rings (SSSR count). The second-order valence-electron chi connectivity index (χ2n) is 3.18. The van der Waals surface area contributed by atoms with Crippen LogP contribution in [0.25, 0.3) is 0 Å². The maximum absolute atomic E-state index is 6.16. The van der Waals surface area contributed by atoms with E-state index >= 15 is 0 Å². The number of alkyl halides is 1. The highest BCUT2D eigenvalue weighted by Crippen LogP contribution is 2.26. The van der Waals surface area contributed by atoms with Crippen LogP contribution in [0.4, 0.5) is 0 Å². The molecule has 3 heteroatoms. The minimum Gasteiger partial charge on any atom is -0.405 e. The van der Waals surface area contributed by atoms with Gasteiger partial charge in [-0.3, -0.25) is 0 Å². The highest BCUT2D eigenvalue weighted by atomic mass is 127. The molecule has 0 radical (unpaired) electrons. The van der Waals surface area contributed by atoms with Crippen LogP contribution in [0, 0.1) is 0 Å². The van der Waals surface area contributed by atoms with Crippen molar-refractivity contribution in [2.75, 3.05) is 0 Å². The van der Waals surface area contributed by atoms with Gasteiger partial charge in [0.2, 0.25) is 0 Å². The van der Waals surface area contributed by atoms with Crippen molar-refractivity contribution < 1.29 is 4.43 Å². The molecular formula is C9H21IOSi. The lowest BCUT2D eigenvalue weighted by Gasteiger charge is -2.30. The van der Waals surface area contributed by atoms with Crippen LogP contribution in [0.3, 0.4) is 0 Å². The zero-order chi connectivity index (χ0) is 9.61. The molecule has 1 atom stereocenters. The fourth-order valence-electron chi connectivity index (χ4n) is 1.35. The summed E-state index contributed by atoms with van der Waals surface area (Å²) in [6.45, 7) is 9.02. The van der Waals surface area contributed by atoms with E-state index in [0.29, 0.717) is 4.11 Å². The molecule has 0 saturated heterocycles. The predicted octanol–water partition coefficient (Wildman–Crippen LogP) is 4.18. The summed E-state index contributed by atoms with van der Waals surface area (Å²) in [5.74, 6) is 0. The Morgan fingerprint density at radius 3 is 1.75 bits per heavy atom. The maximum Gasteiger partial charge on any atom is 0.193 e. The van der Waals surface area contributed by atoms with Gasteiger partial charge in [0.15, 0.2) is 8.32 Å². The summed E-state index contributed by atoms with van der Waals surface area (Å²) in [6, 6.07) is 3.79. The van der Waals surface area contributed by atoms with Gasteiger partial charge in [-0.1, -0.05) is 50.3 Å². The molecule has 0 aromatic carbocycles. The lowest BCUT2D eigenvalue weighted by Crippen LogP contribution is -2.38. The summed E-state index contributed by atoms with van der Waals surface area (Å²) >= 11 is 2.41. The summed E-state index contributed by atoms with van der Waals surface area (Å²) in [7, 11) is -1.31. The molecular weight excluding hydrogens is 279 g/mol. The van der Waals surface area contributed by atoms with Crippen LogP contribution in [0.15, 0.2) is 0 Å². The smallest absolute Gasteiger partial charge is 0.193 e. The first-order chi connectivity index (χ1) is 5.64. The van der Waals surface area contributed by atoms with E-state index in [1.54, 1.807) is 0 Å². The van der Waals surface area contributed by atoms with Crippen LogP contribution < -0.4 is 0 Å². The first-order valence-electron chi connectivity index (χ1n) is 4.96. The standard InChI is InChI=1S/C9H21IOSi/c1-5-9(10)11-12(6-2,7-3)8-4/h9H,5-8H2,1-4H3. The van der Waals surface area contributed by atoms with E-state index in [0.717, 1.165) is 6.42 Å². The van der Waals surface area contributed by atoms with Crippen molar-refractivity contribution in [3.05, 3.63) is 0 Å². The van der Waals surface area contributed by atoms with Crippen molar-refractivity contribution in [3.8, 4) is 0 Å². The van der Waals surface area contributed by atoms with Crippen LogP contribution in [0.1, 0.15) is 34.1 Å². The largest absolute Gasteiger partial charge is 0.405 e. The Labute approximate surface area is 91.5 Å². The topological polar surface area (TPSA) is 9.23 Å². The van der Waals surface area contributed by atoms with Crippen molar-refractivity contribution in [3.63, 3.8) is 0 Å². The first kappa shape index (κ1) is 12.9. The molecule has 0 aromatic heterocycles. The molecule has 0 aliphatic heterocycles. The predicted molar refractivity (Wildman–Crippen MR) is 66.4 cm³/mol. The van der Waals surface area contributed by atoms with E-state index < -0.39 is 8.32 Å². The monoisotopic (exact) mass is 300 g/mol. The zero-order valence-electron chi connectivity index (χ0n) is 8.69. The van der Waals surface area contributed by atoms with Crippen molar-refractivity contribution in [2.24, 2.45) is 0 Å². The van der Waals surface area contributed by atoms with Gasteiger partial charge in [0.25, 0.3) is 0 Å². The molecule has 74 valence electrons. The highest BCUT2D eigenvalue weighted by Gasteiger charge is 2.30. The minimum absolute atomic E-state index is 0.439. The van der Waals surface area contributed by atoms with Crippen LogP contribution in [-0.4, -0.2) is 12.4 Å². The maximum atomic E-state index is 6.16. The average molecular weight is 300 g/mol.